The number of hydrogen-bond donors (Lipinski definition) is 2. The van der Waals surface area contributed by atoms with Crippen LogP contribution in [0.3, 0.4) is 0 Å². The number of morpholine rings is 1. The molecule has 1 aliphatic carbocycles. The molecule has 1 saturated carbocycles. The summed E-state index contributed by atoms with van der Waals surface area (Å²) in [5, 5.41) is 7.81. The van der Waals surface area contributed by atoms with Gasteiger partial charge in [0.2, 0.25) is 0 Å². The van der Waals surface area contributed by atoms with Gasteiger partial charge in [-0.15, -0.1) is 0 Å². The van der Waals surface area contributed by atoms with E-state index in [2.05, 4.69) is 43.5 Å². The van der Waals surface area contributed by atoms with Crippen molar-refractivity contribution in [2.24, 2.45) is 0 Å². The summed E-state index contributed by atoms with van der Waals surface area (Å²) in [6, 6.07) is 6.23. The Labute approximate surface area is 171 Å². The van der Waals surface area contributed by atoms with E-state index in [4.69, 9.17) is 21.3 Å². The summed E-state index contributed by atoms with van der Waals surface area (Å²) >= 11 is 6.62. The Morgan fingerprint density at radius 3 is 2.75 bits per heavy atom. The molecule has 2 aliphatic rings. The molecule has 2 aromatic rings. The molecule has 150 valence electrons. The lowest BCUT2D eigenvalue weighted by Crippen LogP contribution is -2.48. The number of nitrogens with zero attached hydrogens (tertiary/aromatic N) is 1. The summed E-state index contributed by atoms with van der Waals surface area (Å²) in [7, 11) is 0. The number of amides is 1. The van der Waals surface area contributed by atoms with Crippen molar-refractivity contribution in [2.75, 3.05) is 26.3 Å². The molecule has 0 spiro atoms. The zero-order valence-corrected chi connectivity index (χ0v) is 17.5. The minimum atomic E-state index is -0.206. The number of aromatic nitrogens is 1. The van der Waals surface area contributed by atoms with Crippen LogP contribution in [0, 0.1) is 0 Å². The van der Waals surface area contributed by atoms with Gasteiger partial charge in [0, 0.05) is 24.5 Å². The van der Waals surface area contributed by atoms with Crippen LogP contribution < -0.4 is 10.6 Å². The van der Waals surface area contributed by atoms with Gasteiger partial charge in [0.1, 0.15) is 5.69 Å². The fourth-order valence-electron chi connectivity index (χ4n) is 3.71. The largest absolute Gasteiger partial charge is 0.378 e. The summed E-state index contributed by atoms with van der Waals surface area (Å²) in [5.74, 6) is 0.428. The van der Waals surface area contributed by atoms with E-state index in [0.29, 0.717) is 36.4 Å². The quantitative estimate of drug-likeness (QED) is 0.818. The number of carbonyl (C=O) groups is 1. The van der Waals surface area contributed by atoms with Crippen molar-refractivity contribution in [1.82, 2.24) is 15.6 Å². The van der Waals surface area contributed by atoms with E-state index < -0.39 is 0 Å². The molecule has 1 aromatic carbocycles. The van der Waals surface area contributed by atoms with Crippen molar-refractivity contribution < 1.29 is 9.53 Å². The van der Waals surface area contributed by atoms with Crippen LogP contribution in [0.1, 0.15) is 61.1 Å². The molecule has 1 unspecified atom stereocenters. The van der Waals surface area contributed by atoms with Crippen molar-refractivity contribution in [2.45, 2.75) is 51.0 Å². The lowest BCUT2D eigenvalue weighted by molar-refractivity contribution is 0.0733. The maximum absolute atomic E-state index is 12.7. The Morgan fingerprint density at radius 1 is 1.32 bits per heavy atom. The number of carbonyl (C=O) groups excluding carboxylic acids is 1. The molecule has 1 aliphatic heterocycles. The van der Waals surface area contributed by atoms with Crippen LogP contribution >= 0.6 is 11.6 Å². The second kappa shape index (κ2) is 7.62. The molecule has 2 fully saturated rings. The summed E-state index contributed by atoms with van der Waals surface area (Å²) in [4.78, 5) is 17.5. The van der Waals surface area contributed by atoms with E-state index in [1.807, 2.05) is 0 Å². The first kappa shape index (κ1) is 19.6. The van der Waals surface area contributed by atoms with Crippen molar-refractivity contribution >= 4 is 28.4 Å². The highest BCUT2D eigenvalue weighted by Crippen LogP contribution is 2.44. The van der Waals surface area contributed by atoms with Gasteiger partial charge in [0.15, 0.2) is 0 Å². The van der Waals surface area contributed by atoms with E-state index in [0.717, 1.165) is 23.0 Å². The number of pyridine rings is 1. The molecule has 1 saturated heterocycles. The van der Waals surface area contributed by atoms with Gasteiger partial charge in [-0.05, 0) is 47.4 Å². The molecular formula is C22H28ClN3O2. The molecule has 1 amide bonds. The van der Waals surface area contributed by atoms with Gasteiger partial charge >= 0.3 is 0 Å². The Morgan fingerprint density at radius 2 is 2.11 bits per heavy atom. The highest BCUT2D eigenvalue weighted by Gasteiger charge is 2.28. The van der Waals surface area contributed by atoms with Crippen LogP contribution in [0.25, 0.3) is 10.9 Å². The van der Waals surface area contributed by atoms with Crippen molar-refractivity contribution in [3.8, 4) is 0 Å². The Balaban J connectivity index is 1.66. The Hall–Kier alpha value is -1.69. The predicted molar refractivity (Wildman–Crippen MR) is 112 cm³/mol. The first-order valence-electron chi connectivity index (χ1n) is 10.1. The number of fused-ring (bicyclic) bond motifs is 1. The first-order chi connectivity index (χ1) is 13.3. The second-order valence-corrected chi connectivity index (χ2v) is 9.32. The van der Waals surface area contributed by atoms with Crippen LogP contribution in [0.4, 0.5) is 0 Å². The van der Waals surface area contributed by atoms with Crippen molar-refractivity contribution in [3.05, 3.63) is 40.0 Å². The molecule has 1 aromatic heterocycles. The molecule has 2 heterocycles. The van der Waals surface area contributed by atoms with E-state index in [-0.39, 0.29) is 17.4 Å². The molecule has 2 N–H and O–H groups in total. The molecule has 0 bridgehead atoms. The van der Waals surface area contributed by atoms with Crippen LogP contribution in [-0.4, -0.2) is 43.2 Å². The fourth-order valence-corrected chi connectivity index (χ4v) is 3.95. The van der Waals surface area contributed by atoms with Gasteiger partial charge < -0.3 is 15.4 Å². The maximum atomic E-state index is 12.7. The maximum Gasteiger partial charge on any atom is 0.270 e. The molecule has 1 atom stereocenters. The van der Waals surface area contributed by atoms with Gasteiger partial charge in [-0.2, -0.15) is 0 Å². The van der Waals surface area contributed by atoms with Crippen LogP contribution in [0.5, 0.6) is 0 Å². The summed E-state index contributed by atoms with van der Waals surface area (Å²) < 4.78 is 5.44. The number of halogens is 1. The minimum absolute atomic E-state index is 0.0854. The number of hydrogen-bond acceptors (Lipinski definition) is 4. The van der Waals surface area contributed by atoms with Crippen molar-refractivity contribution in [1.29, 1.82) is 0 Å². The monoisotopic (exact) mass is 401 g/mol. The number of nitrogens with one attached hydrogen (secondary N) is 2. The van der Waals surface area contributed by atoms with Crippen molar-refractivity contribution in [3.63, 3.8) is 0 Å². The second-order valence-electron chi connectivity index (χ2n) is 8.91. The molecular weight excluding hydrogens is 374 g/mol. The van der Waals surface area contributed by atoms with Gasteiger partial charge in [0.25, 0.3) is 5.91 Å². The van der Waals surface area contributed by atoms with E-state index >= 15 is 0 Å². The van der Waals surface area contributed by atoms with Gasteiger partial charge in [0.05, 0.1) is 23.8 Å². The molecule has 4 rings (SSSR count). The lowest BCUT2D eigenvalue weighted by Gasteiger charge is -2.24. The van der Waals surface area contributed by atoms with Crippen LogP contribution in [-0.2, 0) is 10.2 Å². The molecule has 6 heteroatoms. The molecule has 5 nitrogen and oxygen atoms in total. The third kappa shape index (κ3) is 4.17. The predicted octanol–water partition coefficient (Wildman–Crippen LogP) is 3.78. The first-order valence-corrected chi connectivity index (χ1v) is 10.4. The van der Waals surface area contributed by atoms with Crippen LogP contribution in [0.2, 0.25) is 5.02 Å². The Bertz CT molecular complexity index is 897. The average Bonchev–Trinajstić information content (AvgIpc) is 3.50. The van der Waals surface area contributed by atoms with E-state index in [1.54, 1.807) is 6.07 Å². The summed E-state index contributed by atoms with van der Waals surface area (Å²) in [6.07, 6.45) is 2.47. The smallest absolute Gasteiger partial charge is 0.270 e. The normalized spacial score (nSPS) is 20.4. The fraction of sp³-hybridized carbons (Fsp3) is 0.545. The number of benzene rings is 1. The van der Waals surface area contributed by atoms with Gasteiger partial charge in [-0.3, -0.25) is 4.79 Å². The SMILES string of the molecule is CC(C)(C)c1cc(C2CC2)cc2c(Cl)cc(C(=O)NCC3COCCN3)nc12. The number of rotatable bonds is 4. The topological polar surface area (TPSA) is 63.2 Å². The lowest BCUT2D eigenvalue weighted by atomic mass is 9.83. The average molecular weight is 402 g/mol. The van der Waals surface area contributed by atoms with Gasteiger partial charge in [-0.1, -0.05) is 38.4 Å². The number of ether oxygens (including phenoxy) is 1. The zero-order chi connectivity index (χ0) is 19.9. The highest BCUT2D eigenvalue weighted by atomic mass is 35.5. The highest BCUT2D eigenvalue weighted by molar-refractivity contribution is 6.35. The Kier molecular flexibility index (Phi) is 5.34. The van der Waals surface area contributed by atoms with E-state index in [1.165, 1.54) is 18.4 Å². The van der Waals surface area contributed by atoms with Gasteiger partial charge in [-0.25, -0.2) is 4.98 Å². The third-order valence-electron chi connectivity index (χ3n) is 5.48. The van der Waals surface area contributed by atoms with Crippen LogP contribution in [0.15, 0.2) is 18.2 Å². The third-order valence-corrected chi connectivity index (χ3v) is 5.79. The molecule has 28 heavy (non-hydrogen) atoms. The summed E-state index contributed by atoms with van der Waals surface area (Å²) in [5.41, 5.74) is 3.58. The summed E-state index contributed by atoms with van der Waals surface area (Å²) in [6.45, 7) is 9.15. The zero-order valence-electron chi connectivity index (χ0n) is 16.8. The van der Waals surface area contributed by atoms with E-state index in [9.17, 15) is 4.79 Å². The molecule has 0 radical (unpaired) electrons. The standard InChI is InChI=1S/C22H28ClN3O2/c1-22(2,3)17-9-14(13-4-5-13)8-16-18(23)10-19(26-20(16)17)21(27)25-11-15-12-28-7-6-24-15/h8-10,13,15,24H,4-7,11-12H2,1-3H3,(H,25,27). The minimum Gasteiger partial charge on any atom is -0.378 e.